The van der Waals surface area contributed by atoms with E-state index in [4.69, 9.17) is 9.47 Å². The fourth-order valence-electron chi connectivity index (χ4n) is 2.50. The molecule has 1 atom stereocenters. The predicted molar refractivity (Wildman–Crippen MR) is 95.1 cm³/mol. The smallest absolute Gasteiger partial charge is 0.160 e. The third kappa shape index (κ3) is 5.11. The normalized spacial score (nSPS) is 14.4. The molecule has 1 aromatic rings. The van der Waals surface area contributed by atoms with Gasteiger partial charge >= 0.3 is 0 Å². The molecule has 0 fully saturated rings. The van der Waals surface area contributed by atoms with E-state index in [-0.39, 0.29) is 4.75 Å². The number of ether oxygens (including phenoxy) is 2. The standard InChI is InChI=1S/C18H26O3S/c1-5-11-18(22-19,12-6-2)13-7-8-15-9-10-16(20-3)17(14-15)21-4/h5-6,9-12,14,19H,7-8,13H2,1-4H3/b11-5+,12-6?. The molecule has 1 N–H and O–H groups in total. The molecule has 1 rings (SSSR count). The van der Waals surface area contributed by atoms with E-state index in [0.29, 0.717) is 0 Å². The largest absolute Gasteiger partial charge is 0.493 e. The van der Waals surface area contributed by atoms with Crippen LogP contribution in [0.2, 0.25) is 0 Å². The summed E-state index contributed by atoms with van der Waals surface area (Å²) in [4.78, 5) is 0. The Morgan fingerprint density at radius 3 is 2.23 bits per heavy atom. The Hall–Kier alpha value is -1.39. The van der Waals surface area contributed by atoms with Crippen molar-refractivity contribution in [1.29, 1.82) is 0 Å². The Bertz CT molecular complexity index is 497. The van der Waals surface area contributed by atoms with Crippen LogP contribution in [0.25, 0.3) is 0 Å². The summed E-state index contributed by atoms with van der Waals surface area (Å²) in [5.74, 6) is 1.50. The van der Waals surface area contributed by atoms with Crippen molar-refractivity contribution in [2.75, 3.05) is 14.2 Å². The van der Waals surface area contributed by atoms with Gasteiger partial charge in [-0.15, -0.1) is 0 Å². The summed E-state index contributed by atoms with van der Waals surface area (Å²) in [7, 11) is 3.28. The van der Waals surface area contributed by atoms with Gasteiger partial charge in [0.15, 0.2) is 11.5 Å². The molecule has 4 heteroatoms. The maximum absolute atomic E-state index is 9.66. The lowest BCUT2D eigenvalue weighted by Crippen LogP contribution is -2.18. The zero-order chi connectivity index (χ0) is 16.4. The van der Waals surface area contributed by atoms with Crippen LogP contribution in [0, 0.1) is 0 Å². The van der Waals surface area contributed by atoms with Crippen molar-refractivity contribution >= 4 is 12.0 Å². The molecule has 0 radical (unpaired) electrons. The number of rotatable bonds is 9. The van der Waals surface area contributed by atoms with Crippen molar-refractivity contribution in [2.45, 2.75) is 37.9 Å². The molecule has 0 aromatic heterocycles. The van der Waals surface area contributed by atoms with Crippen LogP contribution in [0.5, 0.6) is 11.5 Å². The second-order valence-electron chi connectivity index (χ2n) is 5.09. The minimum Gasteiger partial charge on any atom is -0.493 e. The molecule has 122 valence electrons. The molecule has 0 aliphatic heterocycles. The van der Waals surface area contributed by atoms with Crippen LogP contribution in [0.3, 0.4) is 0 Å². The Labute approximate surface area is 138 Å². The van der Waals surface area contributed by atoms with E-state index in [1.165, 1.54) is 5.56 Å². The third-order valence-electron chi connectivity index (χ3n) is 3.55. The van der Waals surface area contributed by atoms with Gasteiger partial charge in [-0.3, -0.25) is 0 Å². The van der Waals surface area contributed by atoms with E-state index < -0.39 is 0 Å². The number of aryl methyl sites for hydroxylation is 1. The van der Waals surface area contributed by atoms with Gasteiger partial charge in [-0.05, 0) is 50.8 Å². The fraction of sp³-hybridized carbons (Fsp3) is 0.444. The summed E-state index contributed by atoms with van der Waals surface area (Å²) in [5, 5.41) is 0. The molecule has 0 aliphatic carbocycles. The van der Waals surface area contributed by atoms with Gasteiger partial charge in [0.05, 0.1) is 19.0 Å². The Kier molecular flexibility index (Phi) is 8.13. The molecule has 0 saturated carbocycles. The third-order valence-corrected chi connectivity index (χ3v) is 4.36. The van der Waals surface area contributed by atoms with E-state index in [1.54, 1.807) is 14.2 Å². The highest BCUT2D eigenvalue weighted by Crippen LogP contribution is 2.33. The van der Waals surface area contributed by atoms with Crippen molar-refractivity contribution in [2.24, 2.45) is 0 Å². The highest BCUT2D eigenvalue weighted by Gasteiger charge is 2.23. The maximum Gasteiger partial charge on any atom is 0.160 e. The summed E-state index contributed by atoms with van der Waals surface area (Å²) in [5.41, 5.74) is 1.20. The zero-order valence-corrected chi connectivity index (χ0v) is 14.7. The monoisotopic (exact) mass is 322 g/mol. The van der Waals surface area contributed by atoms with Crippen molar-refractivity contribution in [3.8, 4) is 11.5 Å². The van der Waals surface area contributed by atoms with Gasteiger partial charge < -0.3 is 14.0 Å². The Morgan fingerprint density at radius 2 is 1.73 bits per heavy atom. The lowest BCUT2D eigenvalue weighted by molar-refractivity contribution is 0.354. The Morgan fingerprint density at radius 1 is 1.09 bits per heavy atom. The topological polar surface area (TPSA) is 38.7 Å². The van der Waals surface area contributed by atoms with Gasteiger partial charge in [0.2, 0.25) is 0 Å². The lowest BCUT2D eigenvalue weighted by Gasteiger charge is -2.23. The van der Waals surface area contributed by atoms with Gasteiger partial charge in [0.1, 0.15) is 0 Å². The van der Waals surface area contributed by atoms with Crippen molar-refractivity contribution in [1.82, 2.24) is 0 Å². The Balaban J connectivity index is 2.73. The molecule has 0 bridgehead atoms. The molecule has 22 heavy (non-hydrogen) atoms. The van der Waals surface area contributed by atoms with E-state index in [0.717, 1.165) is 42.8 Å². The number of allylic oxidation sites excluding steroid dienone is 2. The first-order chi connectivity index (χ1) is 10.6. The van der Waals surface area contributed by atoms with Crippen molar-refractivity contribution in [3.63, 3.8) is 0 Å². The van der Waals surface area contributed by atoms with E-state index in [2.05, 4.69) is 6.07 Å². The van der Waals surface area contributed by atoms with Gasteiger partial charge in [0.25, 0.3) is 0 Å². The summed E-state index contributed by atoms with van der Waals surface area (Å²) >= 11 is 0.897. The van der Waals surface area contributed by atoms with Crippen LogP contribution in [-0.4, -0.2) is 23.5 Å². The highest BCUT2D eigenvalue weighted by molar-refractivity contribution is 7.95. The predicted octanol–water partition coefficient (Wildman–Crippen LogP) is 5.12. The van der Waals surface area contributed by atoms with Crippen LogP contribution in [-0.2, 0) is 6.42 Å². The van der Waals surface area contributed by atoms with Gasteiger partial charge in [-0.25, -0.2) is 0 Å². The number of hydrogen-bond donors (Lipinski definition) is 1. The molecule has 0 spiro atoms. The van der Waals surface area contributed by atoms with E-state index >= 15 is 0 Å². The zero-order valence-electron chi connectivity index (χ0n) is 13.8. The van der Waals surface area contributed by atoms with Gasteiger partial charge in [-0.1, -0.05) is 30.4 Å². The molecule has 0 aliphatic rings. The average molecular weight is 322 g/mol. The second kappa shape index (κ2) is 9.59. The second-order valence-corrected chi connectivity index (χ2v) is 6.03. The van der Waals surface area contributed by atoms with Gasteiger partial charge in [0, 0.05) is 12.0 Å². The SMILES string of the molecule is CC=CC(/C=C/C)(CCCc1ccc(OC)c(OC)c1)SO. The molecule has 1 aromatic carbocycles. The van der Waals surface area contributed by atoms with Crippen LogP contribution in [0.4, 0.5) is 0 Å². The molecular formula is C18H26O3S. The lowest BCUT2D eigenvalue weighted by atomic mass is 9.97. The number of benzene rings is 1. The minimum absolute atomic E-state index is 0.333. The van der Waals surface area contributed by atoms with Gasteiger partial charge in [-0.2, -0.15) is 0 Å². The summed E-state index contributed by atoms with van der Waals surface area (Å²) < 4.78 is 19.9. The van der Waals surface area contributed by atoms with Crippen molar-refractivity contribution in [3.05, 3.63) is 48.1 Å². The average Bonchev–Trinajstić information content (AvgIpc) is 2.55. The van der Waals surface area contributed by atoms with E-state index in [1.807, 2.05) is 50.3 Å². The van der Waals surface area contributed by atoms with Crippen LogP contribution < -0.4 is 9.47 Å². The molecule has 0 amide bonds. The molecule has 1 unspecified atom stereocenters. The molecule has 3 nitrogen and oxygen atoms in total. The molecular weight excluding hydrogens is 296 g/mol. The van der Waals surface area contributed by atoms with Crippen molar-refractivity contribution < 1.29 is 14.0 Å². The first kappa shape index (κ1) is 18.7. The summed E-state index contributed by atoms with van der Waals surface area (Å²) in [6, 6.07) is 6.00. The quantitative estimate of drug-likeness (QED) is 0.505. The molecule has 0 heterocycles. The summed E-state index contributed by atoms with van der Waals surface area (Å²) in [6.07, 6.45) is 10.8. The first-order valence-electron chi connectivity index (χ1n) is 7.46. The van der Waals surface area contributed by atoms with E-state index in [9.17, 15) is 4.55 Å². The number of methoxy groups -OCH3 is 2. The van der Waals surface area contributed by atoms with Crippen LogP contribution in [0.15, 0.2) is 42.5 Å². The fourth-order valence-corrected chi connectivity index (χ4v) is 3.13. The summed E-state index contributed by atoms with van der Waals surface area (Å²) in [6.45, 7) is 3.95. The number of hydrogen-bond acceptors (Lipinski definition) is 4. The highest BCUT2D eigenvalue weighted by atomic mass is 32.2. The van der Waals surface area contributed by atoms with Crippen LogP contribution >= 0.6 is 12.0 Å². The maximum atomic E-state index is 9.66. The minimum atomic E-state index is -0.333. The first-order valence-corrected chi connectivity index (χ1v) is 8.23. The van der Waals surface area contributed by atoms with Crippen LogP contribution in [0.1, 0.15) is 32.3 Å². The molecule has 0 saturated heterocycles.